The van der Waals surface area contributed by atoms with Gasteiger partial charge in [-0.15, -0.1) is 0 Å². The topological polar surface area (TPSA) is 113 Å². The molecule has 0 atom stereocenters. The number of Topliss-reactive ketones (excluding diaryl/α,β-unsaturated/α-hetero) is 1. The molecule has 0 saturated heterocycles. The molecule has 0 unspecified atom stereocenters. The number of hydrogen-bond acceptors (Lipinski definition) is 6. The number of rotatable bonds is 8. The van der Waals surface area contributed by atoms with E-state index in [0.717, 1.165) is 55.0 Å². The Labute approximate surface area is 175 Å². The number of hydrogen-bond donors (Lipinski definition) is 2. The summed E-state index contributed by atoms with van der Waals surface area (Å²) in [4.78, 5) is 36.9. The average Bonchev–Trinajstić information content (AvgIpc) is 2.87. The van der Waals surface area contributed by atoms with Gasteiger partial charge >= 0.3 is 17.9 Å². The standard InChI is InChI=1S/C20H31N3O5S/c1-13(2)11-12-15(24)16-23(18(27)21-14-9-7-5-6-8-10-14)22-19(28-16)29-20(3,4)17(25)26/h13-14H,5-12H2,1-4H3,(H-,21,25,26,27)/p+1. The molecule has 2 rings (SSSR count). The molecule has 2 N–H and O–H groups in total. The van der Waals surface area contributed by atoms with E-state index in [9.17, 15) is 19.5 Å². The highest BCUT2D eigenvalue weighted by Crippen LogP contribution is 2.31. The molecule has 0 bridgehead atoms. The first-order chi connectivity index (χ1) is 13.6. The van der Waals surface area contributed by atoms with Crippen molar-refractivity contribution in [3.05, 3.63) is 5.89 Å². The van der Waals surface area contributed by atoms with Crippen molar-refractivity contribution in [1.82, 2.24) is 10.4 Å². The number of ketones is 1. The van der Waals surface area contributed by atoms with E-state index in [1.807, 2.05) is 13.8 Å². The summed E-state index contributed by atoms with van der Waals surface area (Å²) in [6, 6.07) is -0.465. The van der Waals surface area contributed by atoms with Crippen molar-refractivity contribution >= 4 is 29.5 Å². The molecule has 0 aromatic carbocycles. The molecule has 9 heteroatoms. The van der Waals surface area contributed by atoms with E-state index in [-0.39, 0.29) is 29.4 Å². The van der Waals surface area contributed by atoms with Crippen LogP contribution in [0.4, 0.5) is 4.79 Å². The fourth-order valence-electron chi connectivity index (χ4n) is 3.08. The van der Waals surface area contributed by atoms with Gasteiger partial charge in [-0.25, -0.2) is 5.32 Å². The molecule has 1 aliphatic rings. The van der Waals surface area contributed by atoms with Crippen LogP contribution >= 0.6 is 11.8 Å². The highest BCUT2D eigenvalue weighted by atomic mass is 32.2. The Bertz CT molecular complexity index is 736. The number of carboxylic acid groups (broad SMARTS) is 1. The highest BCUT2D eigenvalue weighted by Gasteiger charge is 2.37. The molecule has 1 aromatic rings. The molecule has 0 aliphatic heterocycles. The molecular weight excluding hydrogens is 394 g/mol. The number of amides is 1. The fourth-order valence-corrected chi connectivity index (χ4v) is 3.84. The number of aliphatic carboxylic acids is 1. The molecule has 1 amide bonds. The summed E-state index contributed by atoms with van der Waals surface area (Å²) in [5.74, 6) is -1.18. The monoisotopic (exact) mass is 426 g/mol. The first-order valence-corrected chi connectivity index (χ1v) is 11.1. The smallest absolute Gasteiger partial charge is 0.480 e. The van der Waals surface area contributed by atoms with E-state index in [1.54, 1.807) is 0 Å². The zero-order valence-corrected chi connectivity index (χ0v) is 18.5. The van der Waals surface area contributed by atoms with Gasteiger partial charge in [-0.05, 0) is 73.4 Å². The second-order valence-corrected chi connectivity index (χ2v) is 10.1. The predicted octanol–water partition coefficient (Wildman–Crippen LogP) is 3.82. The van der Waals surface area contributed by atoms with E-state index in [2.05, 4.69) is 10.4 Å². The molecule has 29 heavy (non-hydrogen) atoms. The molecule has 162 valence electrons. The van der Waals surface area contributed by atoms with Crippen molar-refractivity contribution in [3.63, 3.8) is 0 Å². The zero-order valence-electron chi connectivity index (χ0n) is 17.7. The lowest BCUT2D eigenvalue weighted by Gasteiger charge is -2.14. The van der Waals surface area contributed by atoms with Crippen molar-refractivity contribution in [3.8, 4) is 0 Å². The molecule has 1 aliphatic carbocycles. The van der Waals surface area contributed by atoms with Gasteiger partial charge in [-0.2, -0.15) is 4.79 Å². The molecule has 1 heterocycles. The highest BCUT2D eigenvalue weighted by molar-refractivity contribution is 8.01. The lowest BCUT2D eigenvalue weighted by atomic mass is 10.1. The molecule has 1 saturated carbocycles. The van der Waals surface area contributed by atoms with Gasteiger partial charge in [0.05, 0.1) is 6.04 Å². The van der Waals surface area contributed by atoms with Crippen LogP contribution in [0.3, 0.4) is 0 Å². The molecule has 1 aromatic heterocycles. The Balaban J connectivity index is 2.25. The van der Waals surface area contributed by atoms with Gasteiger partial charge in [0.25, 0.3) is 5.22 Å². The van der Waals surface area contributed by atoms with Crippen LogP contribution in [0.1, 0.15) is 89.7 Å². The first-order valence-electron chi connectivity index (χ1n) is 10.3. The van der Waals surface area contributed by atoms with Gasteiger partial charge in [-0.1, -0.05) is 26.7 Å². The summed E-state index contributed by atoms with van der Waals surface area (Å²) in [7, 11) is 0. The molecular formula is C20H32N3O5S+. The molecule has 0 spiro atoms. The maximum Gasteiger partial charge on any atom is 0.520 e. The van der Waals surface area contributed by atoms with Crippen molar-refractivity contribution in [1.29, 1.82) is 0 Å². The van der Waals surface area contributed by atoms with Gasteiger partial charge in [-0.3, -0.25) is 9.59 Å². The quantitative estimate of drug-likeness (QED) is 0.281. The Morgan fingerprint density at radius 3 is 2.41 bits per heavy atom. The third kappa shape index (κ3) is 6.83. The van der Waals surface area contributed by atoms with Crippen molar-refractivity contribution in [2.45, 2.75) is 95.1 Å². The van der Waals surface area contributed by atoms with Crippen molar-refractivity contribution < 1.29 is 28.6 Å². The van der Waals surface area contributed by atoms with E-state index in [0.29, 0.717) is 12.3 Å². The van der Waals surface area contributed by atoms with Crippen LogP contribution in [0.25, 0.3) is 0 Å². The van der Waals surface area contributed by atoms with Gasteiger partial charge in [0, 0.05) is 6.42 Å². The largest absolute Gasteiger partial charge is 0.520 e. The third-order valence-corrected chi connectivity index (χ3v) is 6.00. The van der Waals surface area contributed by atoms with Crippen LogP contribution in [0.2, 0.25) is 0 Å². The summed E-state index contributed by atoms with van der Waals surface area (Å²) >= 11 is 0.867. The Morgan fingerprint density at radius 2 is 1.86 bits per heavy atom. The average molecular weight is 427 g/mol. The number of thioether (sulfide) groups is 1. The molecule has 0 radical (unpaired) electrons. The first kappa shape index (κ1) is 23.4. The second kappa shape index (κ2) is 10.2. The Hall–Kier alpha value is -1.90. The summed E-state index contributed by atoms with van der Waals surface area (Å²) < 4.78 is 5.33. The molecule has 8 nitrogen and oxygen atoms in total. The SMILES string of the molecule is CC(C)CCC(=O)c1oc(SC(C)(C)C(=O)O)n[n+]1C(=O)NC1CCCCCC1. The van der Waals surface area contributed by atoms with Crippen LogP contribution in [0, 0.1) is 5.92 Å². The van der Waals surface area contributed by atoms with Crippen LogP contribution < -0.4 is 10.00 Å². The predicted molar refractivity (Wildman–Crippen MR) is 108 cm³/mol. The van der Waals surface area contributed by atoms with Crippen LogP contribution in [0.5, 0.6) is 0 Å². The van der Waals surface area contributed by atoms with E-state index in [4.69, 9.17) is 4.42 Å². The number of carboxylic acids is 1. The molecule has 1 fully saturated rings. The number of nitrogens with one attached hydrogen (secondary N) is 1. The fraction of sp³-hybridized carbons (Fsp3) is 0.750. The van der Waals surface area contributed by atoms with E-state index in [1.165, 1.54) is 13.8 Å². The van der Waals surface area contributed by atoms with Crippen LogP contribution in [-0.4, -0.2) is 38.8 Å². The minimum atomic E-state index is -1.21. The summed E-state index contributed by atoms with van der Waals surface area (Å²) in [6.45, 7) is 7.05. The van der Waals surface area contributed by atoms with Gasteiger partial charge in [0.2, 0.25) is 5.78 Å². The van der Waals surface area contributed by atoms with Crippen molar-refractivity contribution in [2.75, 3.05) is 0 Å². The Kier molecular flexibility index (Phi) is 8.24. The number of nitrogens with zero attached hydrogens (tertiary/aromatic N) is 2. The van der Waals surface area contributed by atoms with E-state index >= 15 is 0 Å². The Morgan fingerprint density at radius 1 is 1.24 bits per heavy atom. The van der Waals surface area contributed by atoms with Gasteiger partial charge in [0.15, 0.2) is 0 Å². The normalized spacial score (nSPS) is 15.9. The summed E-state index contributed by atoms with van der Waals surface area (Å²) in [6.07, 6.45) is 7.12. The van der Waals surface area contributed by atoms with Crippen LogP contribution in [-0.2, 0) is 4.79 Å². The minimum Gasteiger partial charge on any atom is -0.480 e. The zero-order chi connectivity index (χ0) is 21.6. The maximum atomic E-state index is 12.9. The third-order valence-electron chi connectivity index (χ3n) is 4.98. The minimum absolute atomic E-state index is 0.0127. The summed E-state index contributed by atoms with van der Waals surface area (Å²) in [5, 5.41) is 16.4. The number of carbonyl (C=O) groups is 3. The number of carbonyl (C=O) groups excluding carboxylic acids is 2. The lowest BCUT2D eigenvalue weighted by molar-refractivity contribution is -0.640. The van der Waals surface area contributed by atoms with Crippen molar-refractivity contribution in [2.24, 2.45) is 5.92 Å². The summed E-state index contributed by atoms with van der Waals surface area (Å²) in [5.41, 5.74) is 0. The lowest BCUT2D eigenvalue weighted by Crippen LogP contribution is -2.57. The number of aromatic nitrogens is 2. The maximum absolute atomic E-state index is 12.9. The van der Waals surface area contributed by atoms with Crippen LogP contribution in [0.15, 0.2) is 9.64 Å². The van der Waals surface area contributed by atoms with E-state index < -0.39 is 16.7 Å². The van der Waals surface area contributed by atoms with Gasteiger partial charge < -0.3 is 9.52 Å². The van der Waals surface area contributed by atoms with Gasteiger partial charge in [0.1, 0.15) is 4.75 Å². The second-order valence-electron chi connectivity index (χ2n) is 8.50.